The maximum absolute atomic E-state index is 11.6. The molecule has 1 aromatic rings. The van der Waals surface area contributed by atoms with Gasteiger partial charge in [-0.3, -0.25) is 0 Å². The summed E-state index contributed by atoms with van der Waals surface area (Å²) in [5.74, 6) is 0. The van der Waals surface area contributed by atoms with Crippen LogP contribution in [-0.2, 0) is 0 Å². The lowest BCUT2D eigenvalue weighted by Gasteiger charge is -1.59. The summed E-state index contributed by atoms with van der Waals surface area (Å²) in [6.45, 7) is 0. The van der Waals surface area contributed by atoms with Gasteiger partial charge >= 0.3 is 0 Å². The molecule has 0 radical (unpaired) electrons. The van der Waals surface area contributed by atoms with Crippen molar-refractivity contribution in [2.45, 2.75) is 0 Å². The molecular weight excluding hydrogens is 137 g/mol. The van der Waals surface area contributed by atoms with E-state index in [2.05, 4.69) is 4.98 Å². The monoisotopic (exact) mass is 139 g/mol. The molecule has 1 aromatic heterocycles. The first-order chi connectivity index (χ1) is 2.89. The fraction of sp³-hybridized carbons (Fsp3) is 0. The number of hydrogen-bond acceptors (Lipinski definition) is 2. The van der Waals surface area contributed by atoms with E-state index in [1.165, 1.54) is 6.20 Å². The van der Waals surface area contributed by atoms with Crippen molar-refractivity contribution in [1.82, 2.24) is 4.98 Å². The highest BCUT2D eigenvalue weighted by Crippen LogP contribution is 1.97. The van der Waals surface area contributed by atoms with Gasteiger partial charge < -0.3 is 0 Å². The minimum atomic E-state index is -0.366. The SMILES string of the molecule is Cl.Fc1nccs1. The van der Waals surface area contributed by atoms with Crippen molar-refractivity contribution in [3.63, 3.8) is 0 Å². The topological polar surface area (TPSA) is 12.9 Å². The van der Waals surface area contributed by atoms with Crippen LogP contribution in [0.4, 0.5) is 4.39 Å². The fourth-order valence-corrected chi connectivity index (χ4v) is 0.562. The molecule has 1 nitrogen and oxygen atoms in total. The zero-order chi connectivity index (χ0) is 4.41. The quantitative estimate of drug-likeness (QED) is 0.533. The van der Waals surface area contributed by atoms with Gasteiger partial charge in [0.1, 0.15) is 0 Å². The van der Waals surface area contributed by atoms with Crippen LogP contribution in [0.25, 0.3) is 0 Å². The lowest BCUT2D eigenvalue weighted by Crippen LogP contribution is -1.58. The summed E-state index contributed by atoms with van der Waals surface area (Å²) in [5.41, 5.74) is 0. The largest absolute Gasteiger partial charge is 0.268 e. The summed E-state index contributed by atoms with van der Waals surface area (Å²) in [7, 11) is 0. The van der Waals surface area contributed by atoms with E-state index in [1.54, 1.807) is 5.38 Å². The Morgan fingerprint density at radius 1 is 1.71 bits per heavy atom. The van der Waals surface area contributed by atoms with E-state index in [0.29, 0.717) is 0 Å². The molecule has 0 unspecified atom stereocenters. The van der Waals surface area contributed by atoms with E-state index in [4.69, 9.17) is 0 Å². The molecule has 7 heavy (non-hydrogen) atoms. The molecule has 0 aliphatic rings. The third kappa shape index (κ3) is 1.85. The second-order valence-electron chi connectivity index (χ2n) is 0.785. The molecule has 0 aromatic carbocycles. The first-order valence-electron chi connectivity index (χ1n) is 1.44. The fourth-order valence-electron chi connectivity index (χ4n) is 0.206. The molecule has 0 saturated carbocycles. The van der Waals surface area contributed by atoms with E-state index < -0.39 is 0 Å². The van der Waals surface area contributed by atoms with E-state index >= 15 is 0 Å². The number of hydrogen-bond donors (Lipinski definition) is 0. The summed E-state index contributed by atoms with van der Waals surface area (Å²) in [4.78, 5) is 3.27. The lowest BCUT2D eigenvalue weighted by atomic mass is 11.0. The van der Waals surface area contributed by atoms with E-state index in [-0.39, 0.29) is 17.7 Å². The van der Waals surface area contributed by atoms with Crippen LogP contribution in [-0.4, -0.2) is 4.98 Å². The highest BCUT2D eigenvalue weighted by atomic mass is 35.5. The second kappa shape index (κ2) is 2.93. The molecule has 0 N–H and O–H groups in total. The van der Waals surface area contributed by atoms with Gasteiger partial charge in [-0.05, 0) is 0 Å². The Hall–Kier alpha value is -0.150. The molecule has 0 spiro atoms. The van der Waals surface area contributed by atoms with Crippen LogP contribution < -0.4 is 0 Å². The predicted octanol–water partition coefficient (Wildman–Crippen LogP) is 1.70. The maximum Gasteiger partial charge on any atom is 0.268 e. The Labute approximate surface area is 50.6 Å². The number of rotatable bonds is 0. The Morgan fingerprint density at radius 2 is 2.43 bits per heavy atom. The molecule has 0 atom stereocenters. The maximum atomic E-state index is 11.6. The van der Waals surface area contributed by atoms with Gasteiger partial charge in [-0.1, -0.05) is 11.3 Å². The highest BCUT2D eigenvalue weighted by molar-refractivity contribution is 7.07. The average molecular weight is 140 g/mol. The molecule has 0 aliphatic carbocycles. The molecule has 0 bridgehead atoms. The normalized spacial score (nSPS) is 7.57. The van der Waals surface area contributed by atoms with Crippen molar-refractivity contribution in [1.29, 1.82) is 0 Å². The van der Waals surface area contributed by atoms with Gasteiger partial charge in [0.15, 0.2) is 0 Å². The molecule has 1 rings (SSSR count). The molecule has 4 heteroatoms. The predicted molar refractivity (Wildman–Crippen MR) is 29.3 cm³/mol. The first kappa shape index (κ1) is 6.85. The Morgan fingerprint density at radius 3 is 2.57 bits per heavy atom. The minimum Gasteiger partial charge on any atom is -0.218 e. The summed E-state index contributed by atoms with van der Waals surface area (Å²) in [5, 5.41) is 1.23. The van der Waals surface area contributed by atoms with Gasteiger partial charge in [0.2, 0.25) is 0 Å². The summed E-state index contributed by atoms with van der Waals surface area (Å²) < 4.78 is 11.6. The number of nitrogens with zero attached hydrogens (tertiary/aromatic N) is 1. The third-order valence-electron chi connectivity index (χ3n) is 0.402. The van der Waals surface area contributed by atoms with Crippen molar-refractivity contribution in [2.24, 2.45) is 0 Å². The molecule has 0 aliphatic heterocycles. The lowest BCUT2D eigenvalue weighted by molar-refractivity contribution is 0.617. The summed E-state index contributed by atoms with van der Waals surface area (Å²) >= 11 is 1.000. The van der Waals surface area contributed by atoms with Crippen LogP contribution in [0.3, 0.4) is 0 Å². The van der Waals surface area contributed by atoms with Crippen molar-refractivity contribution in [3.05, 3.63) is 16.8 Å². The Balaban J connectivity index is 0.000000360. The van der Waals surface area contributed by atoms with Crippen LogP contribution in [0.2, 0.25) is 0 Å². The van der Waals surface area contributed by atoms with Crippen LogP contribution in [0.15, 0.2) is 11.6 Å². The summed E-state index contributed by atoms with van der Waals surface area (Å²) in [6.07, 6.45) is 1.43. The Bertz CT molecular complexity index is 118. The standard InChI is InChI=1S/C3H2FNS.ClH/c4-3-5-1-2-6-3;/h1-2H;1H. The Kier molecular flexibility index (Phi) is 2.87. The number of aromatic nitrogens is 1. The molecule has 0 saturated heterocycles. The first-order valence-corrected chi connectivity index (χ1v) is 2.32. The number of halogens is 2. The van der Waals surface area contributed by atoms with E-state index in [0.717, 1.165) is 11.3 Å². The van der Waals surface area contributed by atoms with Gasteiger partial charge in [-0.15, -0.1) is 12.4 Å². The minimum absolute atomic E-state index is 0. The zero-order valence-corrected chi connectivity index (χ0v) is 4.93. The molecule has 0 fully saturated rings. The van der Waals surface area contributed by atoms with Gasteiger partial charge in [0.05, 0.1) is 0 Å². The van der Waals surface area contributed by atoms with Crippen LogP contribution in [0.1, 0.15) is 0 Å². The van der Waals surface area contributed by atoms with E-state index in [9.17, 15) is 4.39 Å². The van der Waals surface area contributed by atoms with E-state index in [1.807, 2.05) is 0 Å². The average Bonchev–Trinajstić information content (AvgIpc) is 1.86. The van der Waals surface area contributed by atoms with Gasteiger partial charge in [0, 0.05) is 11.6 Å². The highest BCUT2D eigenvalue weighted by Gasteiger charge is 1.82. The molecule has 0 amide bonds. The second-order valence-corrected chi connectivity index (χ2v) is 1.63. The number of thiazole rings is 1. The van der Waals surface area contributed by atoms with Crippen molar-refractivity contribution >= 4 is 23.7 Å². The van der Waals surface area contributed by atoms with Crippen LogP contribution in [0, 0.1) is 5.26 Å². The zero-order valence-electron chi connectivity index (χ0n) is 3.30. The van der Waals surface area contributed by atoms with Gasteiger partial charge in [-0.2, -0.15) is 4.39 Å². The smallest absolute Gasteiger partial charge is 0.218 e. The molecule has 1 heterocycles. The van der Waals surface area contributed by atoms with Gasteiger partial charge in [-0.25, -0.2) is 4.98 Å². The van der Waals surface area contributed by atoms with Gasteiger partial charge in [0.25, 0.3) is 5.26 Å². The van der Waals surface area contributed by atoms with Crippen LogP contribution >= 0.6 is 23.7 Å². The van der Waals surface area contributed by atoms with Crippen molar-refractivity contribution in [2.75, 3.05) is 0 Å². The van der Waals surface area contributed by atoms with Crippen molar-refractivity contribution in [3.8, 4) is 0 Å². The molecular formula is C3H3ClFNS. The molecule has 40 valence electrons. The van der Waals surface area contributed by atoms with Crippen molar-refractivity contribution < 1.29 is 4.39 Å². The summed E-state index contributed by atoms with van der Waals surface area (Å²) in [6, 6.07) is 0. The third-order valence-corrected chi connectivity index (χ3v) is 0.960. The van der Waals surface area contributed by atoms with Crippen LogP contribution in [0.5, 0.6) is 0 Å².